The van der Waals surface area contributed by atoms with E-state index in [9.17, 15) is 4.39 Å². The van der Waals surface area contributed by atoms with Crippen LogP contribution in [0.25, 0.3) is 0 Å². The lowest BCUT2D eigenvalue weighted by Crippen LogP contribution is -2.23. The molecule has 2 nitrogen and oxygen atoms in total. The number of rotatable bonds is 5. The van der Waals surface area contributed by atoms with E-state index in [0.717, 1.165) is 16.6 Å². The first-order valence-electron chi connectivity index (χ1n) is 6.02. The Bertz CT molecular complexity index is 556. The van der Waals surface area contributed by atoms with Crippen molar-refractivity contribution in [3.8, 4) is 0 Å². The summed E-state index contributed by atoms with van der Waals surface area (Å²) in [7, 11) is 0. The molecule has 0 fully saturated rings. The first kappa shape index (κ1) is 14.8. The number of halogens is 3. The Morgan fingerprint density at radius 3 is 2.68 bits per heavy atom. The Kier molecular flexibility index (Phi) is 5.19. The second kappa shape index (κ2) is 6.68. The Balaban J connectivity index is 2.24. The molecule has 0 aliphatic carbocycles. The molecule has 0 aliphatic heterocycles. The zero-order valence-corrected chi connectivity index (χ0v) is 13.6. The van der Waals surface area contributed by atoms with E-state index in [2.05, 4.69) is 37.2 Å². The van der Waals surface area contributed by atoms with Gasteiger partial charge < -0.3 is 9.73 Å². The predicted molar refractivity (Wildman–Crippen MR) is 80.6 cm³/mol. The third kappa shape index (κ3) is 3.68. The van der Waals surface area contributed by atoms with E-state index in [1.807, 2.05) is 19.1 Å². The molecule has 0 saturated heterocycles. The maximum atomic E-state index is 13.9. The largest absolute Gasteiger partial charge is 0.457 e. The standard InChI is InChI=1S/C14H14Br2FNO/c1-2-18-13(11-5-6-19-14(11)16)7-9-3-4-10(15)8-12(9)17/h3-6,8,13,18H,2,7H2,1H3. The first-order valence-corrected chi connectivity index (χ1v) is 7.60. The van der Waals surface area contributed by atoms with Gasteiger partial charge in [-0.3, -0.25) is 0 Å². The highest BCUT2D eigenvalue weighted by Crippen LogP contribution is 2.28. The fourth-order valence-electron chi connectivity index (χ4n) is 2.00. The van der Waals surface area contributed by atoms with Gasteiger partial charge in [-0.05, 0) is 52.7 Å². The van der Waals surface area contributed by atoms with Crippen molar-refractivity contribution in [3.63, 3.8) is 0 Å². The van der Waals surface area contributed by atoms with Crippen LogP contribution in [0.1, 0.15) is 24.1 Å². The number of hydrogen-bond acceptors (Lipinski definition) is 2. The van der Waals surface area contributed by atoms with Crippen LogP contribution in [-0.2, 0) is 6.42 Å². The molecule has 19 heavy (non-hydrogen) atoms. The zero-order chi connectivity index (χ0) is 13.8. The van der Waals surface area contributed by atoms with Gasteiger partial charge in [-0.25, -0.2) is 4.39 Å². The third-order valence-corrected chi connectivity index (χ3v) is 4.05. The minimum Gasteiger partial charge on any atom is -0.457 e. The molecule has 1 unspecified atom stereocenters. The Morgan fingerprint density at radius 1 is 1.32 bits per heavy atom. The summed E-state index contributed by atoms with van der Waals surface area (Å²) in [4.78, 5) is 0. The highest BCUT2D eigenvalue weighted by molar-refractivity contribution is 9.10. The third-order valence-electron chi connectivity index (χ3n) is 2.91. The predicted octanol–water partition coefficient (Wildman–Crippen LogP) is 4.84. The van der Waals surface area contributed by atoms with Crippen molar-refractivity contribution in [2.75, 3.05) is 6.54 Å². The van der Waals surface area contributed by atoms with Crippen molar-refractivity contribution >= 4 is 31.9 Å². The molecular formula is C14H14Br2FNO. The summed E-state index contributed by atoms with van der Waals surface area (Å²) in [6.45, 7) is 2.83. The molecule has 1 heterocycles. The Morgan fingerprint density at radius 2 is 2.11 bits per heavy atom. The van der Waals surface area contributed by atoms with Gasteiger partial charge in [0.25, 0.3) is 0 Å². The smallest absolute Gasteiger partial charge is 0.173 e. The lowest BCUT2D eigenvalue weighted by Gasteiger charge is -2.17. The molecule has 0 radical (unpaired) electrons. The van der Waals surface area contributed by atoms with Crippen LogP contribution in [0.4, 0.5) is 4.39 Å². The molecule has 102 valence electrons. The molecule has 1 aromatic carbocycles. The molecule has 5 heteroatoms. The molecule has 1 aromatic heterocycles. The van der Waals surface area contributed by atoms with Crippen molar-refractivity contribution in [2.45, 2.75) is 19.4 Å². The summed E-state index contributed by atoms with van der Waals surface area (Å²) >= 11 is 6.64. The van der Waals surface area contributed by atoms with E-state index < -0.39 is 0 Å². The van der Waals surface area contributed by atoms with Crippen LogP contribution in [0.5, 0.6) is 0 Å². The molecule has 2 aromatic rings. The maximum Gasteiger partial charge on any atom is 0.173 e. The summed E-state index contributed by atoms with van der Waals surface area (Å²) < 4.78 is 20.6. The lowest BCUT2D eigenvalue weighted by molar-refractivity contribution is 0.498. The Labute approximate surface area is 128 Å². The van der Waals surface area contributed by atoms with Crippen LogP contribution in [0.15, 0.2) is 44.1 Å². The van der Waals surface area contributed by atoms with Crippen molar-refractivity contribution in [2.24, 2.45) is 0 Å². The fourth-order valence-corrected chi connectivity index (χ4v) is 2.85. The monoisotopic (exact) mass is 389 g/mol. The second-order valence-electron chi connectivity index (χ2n) is 4.20. The fraction of sp³-hybridized carbons (Fsp3) is 0.286. The van der Waals surface area contributed by atoms with Gasteiger partial charge in [0.2, 0.25) is 0 Å². The van der Waals surface area contributed by atoms with Crippen LogP contribution < -0.4 is 5.32 Å². The summed E-state index contributed by atoms with van der Waals surface area (Å²) in [5, 5.41) is 3.35. The van der Waals surface area contributed by atoms with Gasteiger partial charge >= 0.3 is 0 Å². The lowest BCUT2D eigenvalue weighted by atomic mass is 10.0. The number of likely N-dealkylation sites (N-methyl/N-ethyl adjacent to an activating group) is 1. The van der Waals surface area contributed by atoms with Crippen molar-refractivity contribution < 1.29 is 8.81 Å². The van der Waals surface area contributed by atoms with Crippen LogP contribution >= 0.6 is 31.9 Å². The quantitative estimate of drug-likeness (QED) is 0.790. The minimum atomic E-state index is -0.197. The zero-order valence-electron chi connectivity index (χ0n) is 10.4. The molecule has 0 spiro atoms. The molecular weight excluding hydrogens is 377 g/mol. The molecule has 0 saturated carbocycles. The number of nitrogens with one attached hydrogen (secondary N) is 1. The average molecular weight is 391 g/mol. The van der Waals surface area contributed by atoms with Gasteiger partial charge in [0.15, 0.2) is 4.67 Å². The van der Waals surface area contributed by atoms with Gasteiger partial charge in [0.1, 0.15) is 5.82 Å². The van der Waals surface area contributed by atoms with E-state index in [-0.39, 0.29) is 11.9 Å². The average Bonchev–Trinajstić information content (AvgIpc) is 2.78. The van der Waals surface area contributed by atoms with Crippen molar-refractivity contribution in [3.05, 3.63) is 56.6 Å². The molecule has 2 rings (SSSR count). The van der Waals surface area contributed by atoms with Gasteiger partial charge in [0, 0.05) is 16.1 Å². The molecule has 1 N–H and O–H groups in total. The van der Waals surface area contributed by atoms with Gasteiger partial charge in [-0.15, -0.1) is 0 Å². The normalized spacial score (nSPS) is 12.6. The molecule has 1 atom stereocenters. The summed E-state index contributed by atoms with van der Waals surface area (Å²) in [6, 6.07) is 7.06. The second-order valence-corrected chi connectivity index (χ2v) is 5.84. The van der Waals surface area contributed by atoms with E-state index in [1.54, 1.807) is 12.3 Å². The Hall–Kier alpha value is -0.650. The minimum absolute atomic E-state index is 0.0220. The van der Waals surface area contributed by atoms with Crippen LogP contribution in [-0.4, -0.2) is 6.54 Å². The van der Waals surface area contributed by atoms with Crippen molar-refractivity contribution in [1.82, 2.24) is 5.32 Å². The SMILES string of the molecule is CCNC(Cc1ccc(Br)cc1F)c1ccoc1Br. The number of hydrogen-bond donors (Lipinski definition) is 1. The molecule has 0 bridgehead atoms. The highest BCUT2D eigenvalue weighted by atomic mass is 79.9. The van der Waals surface area contributed by atoms with Crippen molar-refractivity contribution in [1.29, 1.82) is 0 Å². The van der Waals surface area contributed by atoms with Gasteiger partial charge in [-0.2, -0.15) is 0 Å². The number of benzene rings is 1. The van der Waals surface area contributed by atoms with E-state index in [4.69, 9.17) is 4.42 Å². The van der Waals surface area contributed by atoms with E-state index in [1.165, 1.54) is 6.07 Å². The van der Waals surface area contributed by atoms with E-state index >= 15 is 0 Å². The first-order chi connectivity index (χ1) is 9.11. The number of furan rings is 1. The molecule has 0 amide bonds. The summed E-state index contributed by atoms with van der Waals surface area (Å²) in [5.41, 5.74) is 1.69. The van der Waals surface area contributed by atoms with Crippen LogP contribution in [0, 0.1) is 5.82 Å². The van der Waals surface area contributed by atoms with Crippen LogP contribution in [0.2, 0.25) is 0 Å². The van der Waals surface area contributed by atoms with Gasteiger partial charge in [0.05, 0.1) is 6.26 Å². The van der Waals surface area contributed by atoms with Crippen LogP contribution in [0.3, 0.4) is 0 Å². The topological polar surface area (TPSA) is 25.2 Å². The molecule has 0 aliphatic rings. The maximum absolute atomic E-state index is 13.9. The summed E-state index contributed by atoms with van der Waals surface area (Å²) in [5.74, 6) is -0.197. The van der Waals surface area contributed by atoms with E-state index in [0.29, 0.717) is 16.7 Å². The van der Waals surface area contributed by atoms with Gasteiger partial charge in [-0.1, -0.05) is 28.9 Å². The summed E-state index contributed by atoms with van der Waals surface area (Å²) in [6.07, 6.45) is 2.20. The highest BCUT2D eigenvalue weighted by Gasteiger charge is 2.18.